The highest BCUT2D eigenvalue weighted by molar-refractivity contribution is 6.50. The molecule has 0 saturated heterocycles. The molecule has 0 unspecified atom stereocenters. The van der Waals surface area contributed by atoms with Crippen LogP contribution < -0.4 is 4.57 Å². The normalized spacial score (nSPS) is 10.5. The van der Waals surface area contributed by atoms with Crippen molar-refractivity contribution in [1.29, 1.82) is 0 Å². The van der Waals surface area contributed by atoms with E-state index in [4.69, 9.17) is 0 Å². The Bertz CT molecular complexity index is 393. The molecular formula is C9H9BF4N2. The molecule has 0 radical (unpaired) electrons. The van der Waals surface area contributed by atoms with E-state index in [1.165, 1.54) is 5.69 Å². The Hall–Kier alpha value is -1.79. The Kier molecular flexibility index (Phi) is 4.10. The van der Waals surface area contributed by atoms with Gasteiger partial charge >= 0.3 is 7.25 Å². The second kappa shape index (κ2) is 5.34. The summed E-state index contributed by atoms with van der Waals surface area (Å²) in [6.07, 6.45) is 5.79. The highest BCUT2D eigenvalue weighted by Gasteiger charge is 2.20. The Balaban J connectivity index is 0.000000221. The number of para-hydroxylation sites is 1. The van der Waals surface area contributed by atoms with E-state index in [0.717, 1.165) is 0 Å². The summed E-state index contributed by atoms with van der Waals surface area (Å²) in [4.78, 5) is 2.99. The first-order valence-corrected chi connectivity index (χ1v) is 4.43. The molecule has 0 atom stereocenters. The Labute approximate surface area is 89.7 Å². The molecule has 0 fully saturated rings. The van der Waals surface area contributed by atoms with Crippen molar-refractivity contribution >= 4 is 7.25 Å². The molecule has 0 saturated carbocycles. The zero-order chi connectivity index (χ0) is 12.0. The summed E-state index contributed by atoms with van der Waals surface area (Å²) in [5, 5.41) is 0. The molecule has 16 heavy (non-hydrogen) atoms. The number of nitrogens with one attached hydrogen (secondary N) is 1. The van der Waals surface area contributed by atoms with E-state index in [9.17, 15) is 17.3 Å². The molecule has 86 valence electrons. The molecule has 1 aromatic heterocycles. The second-order valence-corrected chi connectivity index (χ2v) is 2.85. The fourth-order valence-corrected chi connectivity index (χ4v) is 1.05. The number of H-pyrrole nitrogens is 1. The average molecular weight is 232 g/mol. The minimum atomic E-state index is -6.00. The maximum absolute atomic E-state index is 9.75. The summed E-state index contributed by atoms with van der Waals surface area (Å²) in [7, 11) is -6.00. The number of aromatic nitrogens is 2. The van der Waals surface area contributed by atoms with E-state index in [2.05, 4.69) is 17.1 Å². The van der Waals surface area contributed by atoms with Gasteiger partial charge in [0.25, 0.3) is 0 Å². The molecule has 0 bridgehead atoms. The lowest BCUT2D eigenvalue weighted by molar-refractivity contribution is -0.594. The predicted molar refractivity (Wildman–Crippen MR) is 52.5 cm³/mol. The summed E-state index contributed by atoms with van der Waals surface area (Å²) < 4.78 is 41.0. The summed E-state index contributed by atoms with van der Waals surface area (Å²) in [5.74, 6) is 0. The maximum Gasteiger partial charge on any atom is 0.673 e. The van der Waals surface area contributed by atoms with Crippen LogP contribution in [0.5, 0.6) is 0 Å². The summed E-state index contributed by atoms with van der Waals surface area (Å²) in [5.41, 5.74) is 1.17. The standard InChI is InChI=1S/C9H8N2.BF4/c1-2-4-9(5-3-1)11-7-6-10-8-11;2-1(3,4)5/h1-8H;/q;-1/p+1. The smallest absolute Gasteiger partial charge is 0.418 e. The monoisotopic (exact) mass is 232 g/mol. The molecule has 0 spiro atoms. The van der Waals surface area contributed by atoms with Gasteiger partial charge in [-0.05, 0) is 12.1 Å². The molecule has 1 aromatic carbocycles. The summed E-state index contributed by atoms with van der Waals surface area (Å²) in [6, 6.07) is 10.2. The number of halogens is 4. The lowest BCUT2D eigenvalue weighted by Gasteiger charge is -1.94. The first kappa shape index (κ1) is 12.3. The molecule has 0 aliphatic rings. The fourth-order valence-electron chi connectivity index (χ4n) is 1.05. The molecule has 2 aromatic rings. The van der Waals surface area contributed by atoms with Gasteiger partial charge in [-0.3, -0.25) is 0 Å². The number of rotatable bonds is 1. The van der Waals surface area contributed by atoms with Crippen LogP contribution in [0.1, 0.15) is 0 Å². The van der Waals surface area contributed by atoms with E-state index < -0.39 is 7.25 Å². The van der Waals surface area contributed by atoms with Crippen LogP contribution in [0.15, 0.2) is 49.1 Å². The van der Waals surface area contributed by atoms with Crippen molar-refractivity contribution in [3.8, 4) is 5.69 Å². The van der Waals surface area contributed by atoms with Crippen LogP contribution in [-0.2, 0) is 0 Å². The Morgan fingerprint density at radius 1 is 1.00 bits per heavy atom. The molecule has 0 aliphatic carbocycles. The Morgan fingerprint density at radius 2 is 1.56 bits per heavy atom. The molecular weight excluding hydrogens is 223 g/mol. The maximum atomic E-state index is 9.75. The number of imidazole rings is 1. The van der Waals surface area contributed by atoms with Gasteiger partial charge in [0.1, 0.15) is 18.1 Å². The summed E-state index contributed by atoms with van der Waals surface area (Å²) >= 11 is 0. The third-order valence-electron chi connectivity index (χ3n) is 1.60. The van der Waals surface area contributed by atoms with Crippen molar-refractivity contribution < 1.29 is 21.8 Å². The highest BCUT2D eigenvalue weighted by atomic mass is 19.5. The van der Waals surface area contributed by atoms with Crippen LogP contribution in [0.25, 0.3) is 5.69 Å². The molecule has 0 amide bonds. The summed E-state index contributed by atoms with van der Waals surface area (Å²) in [6.45, 7) is 0. The SMILES string of the molecule is F[B-](F)(F)F.c1ccc(-[n+]2cc[nH]c2)cc1. The van der Waals surface area contributed by atoms with Crippen molar-refractivity contribution in [2.75, 3.05) is 0 Å². The zero-order valence-electron chi connectivity index (χ0n) is 8.16. The molecule has 2 nitrogen and oxygen atoms in total. The van der Waals surface area contributed by atoms with Crippen LogP contribution in [0.4, 0.5) is 17.3 Å². The lowest BCUT2D eigenvalue weighted by Crippen LogP contribution is -2.26. The van der Waals surface area contributed by atoms with Gasteiger partial charge in [-0.15, -0.1) is 0 Å². The van der Waals surface area contributed by atoms with E-state index in [-0.39, 0.29) is 0 Å². The Morgan fingerprint density at radius 3 is 2.00 bits per heavy atom. The largest absolute Gasteiger partial charge is 0.673 e. The quantitative estimate of drug-likeness (QED) is 0.443. The van der Waals surface area contributed by atoms with Crippen molar-refractivity contribution in [2.24, 2.45) is 0 Å². The topological polar surface area (TPSA) is 19.7 Å². The second-order valence-electron chi connectivity index (χ2n) is 2.85. The van der Waals surface area contributed by atoms with E-state index in [0.29, 0.717) is 0 Å². The predicted octanol–water partition coefficient (Wildman–Crippen LogP) is 2.59. The van der Waals surface area contributed by atoms with Crippen LogP contribution >= 0.6 is 0 Å². The lowest BCUT2D eigenvalue weighted by atomic mass is 10.3. The molecule has 1 N–H and O–H groups in total. The fraction of sp³-hybridized carbons (Fsp3) is 0. The molecule has 7 heteroatoms. The van der Waals surface area contributed by atoms with Gasteiger partial charge in [-0.1, -0.05) is 18.2 Å². The van der Waals surface area contributed by atoms with E-state index in [1.807, 2.05) is 41.5 Å². The number of nitrogens with zero attached hydrogens (tertiary/aromatic N) is 1. The van der Waals surface area contributed by atoms with Gasteiger partial charge in [0.15, 0.2) is 0 Å². The number of aromatic amines is 1. The highest BCUT2D eigenvalue weighted by Crippen LogP contribution is 2.06. The van der Waals surface area contributed by atoms with Crippen LogP contribution in [-0.4, -0.2) is 12.2 Å². The van der Waals surface area contributed by atoms with E-state index >= 15 is 0 Å². The van der Waals surface area contributed by atoms with Crippen LogP contribution in [0, 0.1) is 0 Å². The minimum Gasteiger partial charge on any atom is -0.418 e. The third kappa shape index (κ3) is 5.18. The first-order chi connectivity index (χ1) is 7.47. The molecule has 0 aliphatic heterocycles. The van der Waals surface area contributed by atoms with Gasteiger partial charge in [0.05, 0.1) is 0 Å². The van der Waals surface area contributed by atoms with Gasteiger partial charge in [-0.2, -0.15) is 0 Å². The van der Waals surface area contributed by atoms with Gasteiger partial charge in [0, 0.05) is 0 Å². The minimum absolute atomic E-state index is 1.17. The number of hydrogen-bond acceptors (Lipinski definition) is 0. The zero-order valence-corrected chi connectivity index (χ0v) is 8.16. The van der Waals surface area contributed by atoms with Crippen molar-refractivity contribution in [1.82, 2.24) is 4.98 Å². The van der Waals surface area contributed by atoms with E-state index in [1.54, 1.807) is 0 Å². The van der Waals surface area contributed by atoms with Gasteiger partial charge < -0.3 is 17.3 Å². The number of benzene rings is 1. The van der Waals surface area contributed by atoms with Crippen molar-refractivity contribution in [2.45, 2.75) is 0 Å². The van der Waals surface area contributed by atoms with Gasteiger partial charge in [0.2, 0.25) is 6.33 Å². The number of hydrogen-bond donors (Lipinski definition) is 1. The van der Waals surface area contributed by atoms with Gasteiger partial charge in [-0.25, -0.2) is 9.55 Å². The van der Waals surface area contributed by atoms with Crippen molar-refractivity contribution in [3.63, 3.8) is 0 Å². The first-order valence-electron chi connectivity index (χ1n) is 4.43. The molecule has 1 heterocycles. The molecule has 2 rings (SSSR count). The van der Waals surface area contributed by atoms with Crippen LogP contribution in [0.3, 0.4) is 0 Å². The third-order valence-corrected chi connectivity index (χ3v) is 1.60. The van der Waals surface area contributed by atoms with Crippen molar-refractivity contribution in [3.05, 3.63) is 49.1 Å². The van der Waals surface area contributed by atoms with Crippen LogP contribution in [0.2, 0.25) is 0 Å². The average Bonchev–Trinajstić information content (AvgIpc) is 2.69.